The van der Waals surface area contributed by atoms with Crippen molar-refractivity contribution < 1.29 is 12.8 Å². The highest BCUT2D eigenvalue weighted by atomic mass is 79.9. The van der Waals surface area contributed by atoms with Crippen LogP contribution in [0, 0.1) is 12.7 Å². The van der Waals surface area contributed by atoms with Crippen LogP contribution < -0.4 is 0 Å². The molecule has 0 saturated heterocycles. The Hall–Kier alpha value is -1.24. The minimum Gasteiger partial charge on any atom is -0.207 e. The highest BCUT2D eigenvalue weighted by Gasteiger charge is 2.28. The Bertz CT molecular complexity index is 775. The lowest BCUT2D eigenvalue weighted by Gasteiger charge is -2.25. The van der Waals surface area contributed by atoms with E-state index in [0.717, 1.165) is 23.3 Å². The zero-order valence-corrected chi connectivity index (χ0v) is 14.9. The molecule has 0 aliphatic rings. The fourth-order valence-corrected chi connectivity index (χ4v) is 4.46. The van der Waals surface area contributed by atoms with Gasteiger partial charge in [-0.05, 0) is 53.5 Å². The molecule has 0 saturated carbocycles. The second kappa shape index (κ2) is 6.48. The molecule has 2 rings (SSSR count). The lowest BCUT2D eigenvalue weighted by molar-refractivity contribution is 0.398. The van der Waals surface area contributed by atoms with E-state index in [2.05, 4.69) is 15.9 Å². The molecule has 0 aromatic heterocycles. The SMILES string of the molecule is Cc1ccc(C(C)N(C)S(=O)(=O)c2ccc(F)cc2Br)cc1. The molecule has 0 aliphatic carbocycles. The van der Waals surface area contributed by atoms with Crippen molar-refractivity contribution in [2.45, 2.75) is 24.8 Å². The Labute approximate surface area is 139 Å². The molecule has 118 valence electrons. The minimum absolute atomic E-state index is 0.0513. The first-order chi connectivity index (χ1) is 10.2. The summed E-state index contributed by atoms with van der Waals surface area (Å²) in [5, 5.41) is 0. The van der Waals surface area contributed by atoms with Gasteiger partial charge in [0.05, 0.1) is 4.90 Å². The van der Waals surface area contributed by atoms with Crippen LogP contribution in [0.1, 0.15) is 24.1 Å². The van der Waals surface area contributed by atoms with Crippen LogP contribution >= 0.6 is 15.9 Å². The van der Waals surface area contributed by atoms with Gasteiger partial charge in [0.2, 0.25) is 10.0 Å². The summed E-state index contributed by atoms with van der Waals surface area (Å²) in [6.45, 7) is 3.80. The molecule has 2 aromatic rings. The average Bonchev–Trinajstić information content (AvgIpc) is 2.46. The third-order valence-corrected chi connectivity index (χ3v) is 6.56. The lowest BCUT2D eigenvalue weighted by Crippen LogP contribution is -2.30. The summed E-state index contributed by atoms with van der Waals surface area (Å²) >= 11 is 3.12. The van der Waals surface area contributed by atoms with Crippen molar-refractivity contribution in [3.8, 4) is 0 Å². The van der Waals surface area contributed by atoms with Crippen LogP contribution in [-0.4, -0.2) is 19.8 Å². The van der Waals surface area contributed by atoms with E-state index in [4.69, 9.17) is 0 Å². The molecule has 0 amide bonds. The normalized spacial score (nSPS) is 13.4. The first kappa shape index (κ1) is 17.1. The second-order valence-corrected chi connectivity index (χ2v) is 8.00. The van der Waals surface area contributed by atoms with Crippen molar-refractivity contribution in [2.24, 2.45) is 0 Å². The smallest absolute Gasteiger partial charge is 0.207 e. The molecule has 0 bridgehead atoms. The van der Waals surface area contributed by atoms with Gasteiger partial charge < -0.3 is 0 Å². The van der Waals surface area contributed by atoms with Gasteiger partial charge in [0.15, 0.2) is 0 Å². The lowest BCUT2D eigenvalue weighted by atomic mass is 10.1. The monoisotopic (exact) mass is 385 g/mol. The highest BCUT2D eigenvalue weighted by Crippen LogP contribution is 2.30. The standard InChI is InChI=1S/C16H17BrFNO2S/c1-11-4-6-13(7-5-11)12(2)19(3)22(20,21)16-9-8-14(18)10-15(16)17/h4-10,12H,1-3H3. The van der Waals surface area contributed by atoms with E-state index in [1.165, 1.54) is 17.4 Å². The van der Waals surface area contributed by atoms with Gasteiger partial charge in [0, 0.05) is 17.6 Å². The number of aryl methyl sites for hydroxylation is 1. The number of rotatable bonds is 4. The van der Waals surface area contributed by atoms with E-state index in [1.54, 1.807) is 0 Å². The predicted molar refractivity (Wildman–Crippen MR) is 88.6 cm³/mol. The maximum absolute atomic E-state index is 13.2. The molecule has 3 nitrogen and oxygen atoms in total. The van der Waals surface area contributed by atoms with Gasteiger partial charge in [0.25, 0.3) is 0 Å². The Morgan fingerprint density at radius 1 is 1.14 bits per heavy atom. The molecule has 0 heterocycles. The third kappa shape index (κ3) is 3.39. The summed E-state index contributed by atoms with van der Waals surface area (Å²) in [6.07, 6.45) is 0. The highest BCUT2D eigenvalue weighted by molar-refractivity contribution is 9.10. The number of halogens is 2. The topological polar surface area (TPSA) is 37.4 Å². The van der Waals surface area contributed by atoms with E-state index in [1.807, 2.05) is 38.1 Å². The van der Waals surface area contributed by atoms with Gasteiger partial charge in [-0.1, -0.05) is 29.8 Å². The van der Waals surface area contributed by atoms with Crippen molar-refractivity contribution >= 4 is 26.0 Å². The second-order valence-electron chi connectivity index (χ2n) is 5.18. The van der Waals surface area contributed by atoms with Crippen LogP contribution in [0.4, 0.5) is 4.39 Å². The summed E-state index contributed by atoms with van der Waals surface area (Å²) in [7, 11) is -2.20. The van der Waals surface area contributed by atoms with E-state index in [0.29, 0.717) is 0 Å². The van der Waals surface area contributed by atoms with E-state index >= 15 is 0 Å². The van der Waals surface area contributed by atoms with Crippen LogP contribution in [0.25, 0.3) is 0 Å². The molecular formula is C16H17BrFNO2S. The van der Waals surface area contributed by atoms with Gasteiger partial charge >= 0.3 is 0 Å². The molecule has 0 radical (unpaired) electrons. The van der Waals surface area contributed by atoms with Crippen molar-refractivity contribution in [3.05, 3.63) is 63.9 Å². The Morgan fingerprint density at radius 2 is 1.73 bits per heavy atom. The van der Waals surface area contributed by atoms with Crippen molar-refractivity contribution in [1.29, 1.82) is 0 Å². The zero-order valence-electron chi connectivity index (χ0n) is 12.5. The summed E-state index contributed by atoms with van der Waals surface area (Å²) in [4.78, 5) is 0.0513. The first-order valence-electron chi connectivity index (χ1n) is 6.73. The van der Waals surface area contributed by atoms with Gasteiger partial charge in [-0.2, -0.15) is 4.31 Å². The molecule has 0 N–H and O–H groups in total. The van der Waals surface area contributed by atoms with Gasteiger partial charge in [0.1, 0.15) is 5.82 Å². The number of nitrogens with zero attached hydrogens (tertiary/aromatic N) is 1. The van der Waals surface area contributed by atoms with Crippen LogP contribution in [0.3, 0.4) is 0 Å². The van der Waals surface area contributed by atoms with Gasteiger partial charge in [-0.25, -0.2) is 12.8 Å². The summed E-state index contributed by atoms with van der Waals surface area (Å²) in [5.41, 5.74) is 2.01. The van der Waals surface area contributed by atoms with Crippen LogP contribution in [0.15, 0.2) is 51.8 Å². The predicted octanol–water partition coefficient (Wildman–Crippen LogP) is 4.28. The Morgan fingerprint density at radius 3 is 2.27 bits per heavy atom. The number of hydrogen-bond acceptors (Lipinski definition) is 2. The van der Waals surface area contributed by atoms with Crippen LogP contribution in [-0.2, 0) is 10.0 Å². The van der Waals surface area contributed by atoms with Crippen LogP contribution in [0.2, 0.25) is 0 Å². The molecule has 1 atom stereocenters. The number of hydrogen-bond donors (Lipinski definition) is 0. The molecule has 22 heavy (non-hydrogen) atoms. The van der Waals surface area contributed by atoms with Crippen molar-refractivity contribution in [1.82, 2.24) is 4.31 Å². The molecule has 0 aliphatic heterocycles. The molecule has 6 heteroatoms. The van der Waals surface area contributed by atoms with E-state index in [-0.39, 0.29) is 15.4 Å². The summed E-state index contributed by atoms with van der Waals surface area (Å²) in [6, 6.07) is 10.9. The molecule has 0 fully saturated rings. The van der Waals surface area contributed by atoms with Crippen molar-refractivity contribution in [2.75, 3.05) is 7.05 Å². The van der Waals surface area contributed by atoms with Crippen LogP contribution in [0.5, 0.6) is 0 Å². The Kier molecular flexibility index (Phi) is 5.04. The first-order valence-corrected chi connectivity index (χ1v) is 8.96. The molecular weight excluding hydrogens is 369 g/mol. The minimum atomic E-state index is -3.72. The largest absolute Gasteiger partial charge is 0.244 e. The maximum Gasteiger partial charge on any atom is 0.244 e. The summed E-state index contributed by atoms with van der Waals surface area (Å²) in [5.74, 6) is -0.486. The quantitative estimate of drug-likeness (QED) is 0.787. The van der Waals surface area contributed by atoms with E-state index < -0.39 is 15.8 Å². The summed E-state index contributed by atoms with van der Waals surface area (Å²) < 4.78 is 40.1. The van der Waals surface area contributed by atoms with Gasteiger partial charge in [-0.15, -0.1) is 0 Å². The number of benzene rings is 2. The zero-order chi connectivity index (χ0) is 16.5. The maximum atomic E-state index is 13.2. The number of sulfonamides is 1. The van der Waals surface area contributed by atoms with E-state index in [9.17, 15) is 12.8 Å². The van der Waals surface area contributed by atoms with Gasteiger partial charge in [-0.3, -0.25) is 0 Å². The molecule has 0 spiro atoms. The fourth-order valence-electron chi connectivity index (χ4n) is 2.10. The average molecular weight is 386 g/mol. The Balaban J connectivity index is 2.38. The molecule has 1 unspecified atom stereocenters. The fraction of sp³-hybridized carbons (Fsp3) is 0.250. The third-order valence-electron chi connectivity index (χ3n) is 3.66. The molecule has 2 aromatic carbocycles. The van der Waals surface area contributed by atoms with Crippen molar-refractivity contribution in [3.63, 3.8) is 0 Å².